The summed E-state index contributed by atoms with van der Waals surface area (Å²) in [5.41, 5.74) is -0.603. The molecule has 0 spiro atoms. The van der Waals surface area contributed by atoms with E-state index in [1.807, 2.05) is 0 Å². The molecule has 2 aromatic heterocycles. The average Bonchev–Trinajstić information content (AvgIpc) is 3.08. The maximum atomic E-state index is 16.2. The molecule has 0 radical (unpaired) electrons. The summed E-state index contributed by atoms with van der Waals surface area (Å²) in [5.74, 6) is -3.20. The van der Waals surface area contributed by atoms with Gasteiger partial charge in [0.25, 0.3) is 5.91 Å². The van der Waals surface area contributed by atoms with Crippen molar-refractivity contribution in [2.75, 3.05) is 36.2 Å². The molecular formula is C22H23F2N3O7S2. The first-order valence-corrected chi connectivity index (χ1v) is 14.6. The van der Waals surface area contributed by atoms with E-state index < -0.39 is 61.9 Å². The molecule has 4 rings (SSSR count). The second-order valence-electron chi connectivity index (χ2n) is 8.52. The Morgan fingerprint density at radius 2 is 1.81 bits per heavy atom. The largest absolute Gasteiger partial charge is 0.437 e. The van der Waals surface area contributed by atoms with Gasteiger partial charge in [-0.3, -0.25) is 9.10 Å². The summed E-state index contributed by atoms with van der Waals surface area (Å²) in [5, 5.41) is 2.08. The molecule has 1 amide bonds. The van der Waals surface area contributed by atoms with Crippen molar-refractivity contribution in [1.29, 1.82) is 0 Å². The van der Waals surface area contributed by atoms with Crippen LogP contribution in [0, 0.1) is 11.6 Å². The fourth-order valence-corrected chi connectivity index (χ4v) is 5.93. The van der Waals surface area contributed by atoms with Crippen molar-refractivity contribution in [3.05, 3.63) is 47.0 Å². The molecule has 3 heterocycles. The molecule has 10 nitrogen and oxygen atoms in total. The van der Waals surface area contributed by atoms with Crippen LogP contribution in [-0.2, 0) is 24.6 Å². The number of hydrogen-bond donors (Lipinski definition) is 1. The van der Waals surface area contributed by atoms with Gasteiger partial charge in [0.15, 0.2) is 5.82 Å². The number of ether oxygens (including phenoxy) is 1. The fraction of sp³-hybridized carbons (Fsp3) is 0.364. The van der Waals surface area contributed by atoms with E-state index >= 15 is 4.39 Å². The molecule has 0 saturated carbocycles. The number of anilines is 1. The number of carbonyl (C=O) groups is 1. The van der Waals surface area contributed by atoms with E-state index in [1.165, 1.54) is 26.1 Å². The zero-order valence-corrected chi connectivity index (χ0v) is 21.3. The lowest BCUT2D eigenvalue weighted by Crippen LogP contribution is -2.40. The molecule has 0 saturated heterocycles. The van der Waals surface area contributed by atoms with Crippen LogP contribution in [0.2, 0.25) is 0 Å². The van der Waals surface area contributed by atoms with Gasteiger partial charge in [-0.05, 0) is 31.2 Å². The number of sulfonamides is 1. The molecule has 0 unspecified atom stereocenters. The van der Waals surface area contributed by atoms with Crippen LogP contribution in [0.3, 0.4) is 0 Å². The summed E-state index contributed by atoms with van der Waals surface area (Å²) in [6.45, 7) is 0.992. The Labute approximate surface area is 206 Å². The Bertz CT molecular complexity index is 1570. The summed E-state index contributed by atoms with van der Waals surface area (Å²) in [6.07, 6.45) is -0.395. The molecule has 1 aromatic carbocycles. The van der Waals surface area contributed by atoms with Gasteiger partial charge in [-0.25, -0.2) is 25.6 Å². The number of hydrogen-bond acceptors (Lipinski definition) is 8. The van der Waals surface area contributed by atoms with Gasteiger partial charge in [-0.2, -0.15) is 4.98 Å². The lowest BCUT2D eigenvalue weighted by molar-refractivity contribution is 0.0177. The Morgan fingerprint density at radius 1 is 1.17 bits per heavy atom. The highest BCUT2D eigenvalue weighted by Crippen LogP contribution is 2.42. The first-order chi connectivity index (χ1) is 16.7. The Balaban J connectivity index is 2.03. The quantitative estimate of drug-likeness (QED) is 0.518. The van der Waals surface area contributed by atoms with E-state index in [2.05, 4.69) is 10.3 Å². The zero-order valence-electron chi connectivity index (χ0n) is 19.7. The van der Waals surface area contributed by atoms with Crippen LogP contribution in [-0.4, -0.2) is 65.7 Å². The molecule has 3 aromatic rings. The highest BCUT2D eigenvalue weighted by molar-refractivity contribution is 7.92. The van der Waals surface area contributed by atoms with E-state index in [-0.39, 0.29) is 39.4 Å². The molecule has 1 N–H and O–H groups in total. The number of sulfone groups is 1. The van der Waals surface area contributed by atoms with Crippen molar-refractivity contribution < 1.29 is 39.6 Å². The van der Waals surface area contributed by atoms with Gasteiger partial charge >= 0.3 is 0 Å². The SMILES string of the molecule is CNC(=O)c1c(-c2ccc(F)cc2)oc2nc3c(c(F)c12)[C@H](C)O[C@H](CS(C)(=O)=O)CN3S(C)(=O)=O. The van der Waals surface area contributed by atoms with Gasteiger partial charge in [0.05, 0.1) is 47.3 Å². The van der Waals surface area contributed by atoms with Crippen molar-refractivity contribution in [2.24, 2.45) is 0 Å². The normalized spacial score (nSPS) is 18.7. The molecule has 194 valence electrons. The van der Waals surface area contributed by atoms with Gasteiger partial charge in [0.2, 0.25) is 15.7 Å². The highest BCUT2D eigenvalue weighted by atomic mass is 32.2. The number of benzene rings is 1. The summed E-state index contributed by atoms with van der Waals surface area (Å²) in [4.78, 5) is 17.1. The van der Waals surface area contributed by atoms with Crippen LogP contribution in [0.5, 0.6) is 0 Å². The molecule has 0 fully saturated rings. The van der Waals surface area contributed by atoms with Gasteiger partial charge in [-0.1, -0.05) is 0 Å². The maximum Gasteiger partial charge on any atom is 0.255 e. The van der Waals surface area contributed by atoms with Crippen LogP contribution in [0.1, 0.15) is 28.9 Å². The minimum absolute atomic E-state index is 0.0923. The number of carbonyl (C=O) groups excluding carboxylic acids is 1. The van der Waals surface area contributed by atoms with E-state index in [0.29, 0.717) is 0 Å². The number of pyridine rings is 1. The second-order valence-corrected chi connectivity index (χ2v) is 12.6. The van der Waals surface area contributed by atoms with Gasteiger partial charge in [-0.15, -0.1) is 0 Å². The summed E-state index contributed by atoms with van der Waals surface area (Å²) in [6, 6.07) is 4.95. The fourth-order valence-electron chi connectivity index (χ4n) is 4.18. The third kappa shape index (κ3) is 4.80. The zero-order chi connectivity index (χ0) is 26.6. The minimum Gasteiger partial charge on any atom is -0.437 e. The highest BCUT2D eigenvalue weighted by Gasteiger charge is 2.38. The van der Waals surface area contributed by atoms with Crippen molar-refractivity contribution in [1.82, 2.24) is 10.3 Å². The van der Waals surface area contributed by atoms with E-state index in [9.17, 15) is 26.0 Å². The number of furan rings is 1. The topological polar surface area (TPSA) is 136 Å². The summed E-state index contributed by atoms with van der Waals surface area (Å²) in [7, 11) is -6.32. The number of halogens is 2. The standard InChI is InChI=1S/C22H23F2N3O7S2/c1-11-15-18(24)16-17(21(28)25-2)19(12-5-7-13(23)8-6-12)34-22(16)26-20(15)27(36(4,31)32)9-14(33-11)10-35(3,29)30/h5-8,11,14H,9-10H2,1-4H3,(H,25,28)/t11-,14-/m0/s1. The third-order valence-electron chi connectivity index (χ3n) is 5.65. The van der Waals surface area contributed by atoms with Crippen LogP contribution in [0.4, 0.5) is 14.6 Å². The predicted molar refractivity (Wildman–Crippen MR) is 128 cm³/mol. The molecule has 14 heteroatoms. The van der Waals surface area contributed by atoms with Gasteiger partial charge < -0.3 is 14.5 Å². The Hall–Kier alpha value is -3.10. The number of aromatic nitrogens is 1. The minimum atomic E-state index is -4.07. The molecule has 0 aliphatic carbocycles. The molecule has 0 bridgehead atoms. The number of nitrogens with zero attached hydrogens (tertiary/aromatic N) is 2. The smallest absolute Gasteiger partial charge is 0.255 e. The maximum absolute atomic E-state index is 16.2. The number of rotatable bonds is 5. The number of amides is 1. The van der Waals surface area contributed by atoms with Crippen LogP contribution in [0.25, 0.3) is 22.4 Å². The monoisotopic (exact) mass is 543 g/mol. The third-order valence-corrected chi connectivity index (χ3v) is 7.75. The van der Waals surface area contributed by atoms with Crippen molar-refractivity contribution in [2.45, 2.75) is 19.1 Å². The lowest BCUT2D eigenvalue weighted by atomic mass is 10.0. The first kappa shape index (κ1) is 26.0. The van der Waals surface area contributed by atoms with Crippen molar-refractivity contribution in [3.8, 4) is 11.3 Å². The van der Waals surface area contributed by atoms with Crippen LogP contribution < -0.4 is 9.62 Å². The number of nitrogens with one attached hydrogen (secondary N) is 1. The molecular weight excluding hydrogens is 520 g/mol. The van der Waals surface area contributed by atoms with Crippen molar-refractivity contribution in [3.63, 3.8) is 0 Å². The van der Waals surface area contributed by atoms with E-state index in [1.54, 1.807) is 0 Å². The van der Waals surface area contributed by atoms with Gasteiger partial charge in [0, 0.05) is 18.9 Å². The van der Waals surface area contributed by atoms with E-state index in [0.717, 1.165) is 28.9 Å². The molecule has 36 heavy (non-hydrogen) atoms. The molecule has 1 aliphatic heterocycles. The predicted octanol–water partition coefficient (Wildman–Crippen LogP) is 2.40. The first-order valence-electron chi connectivity index (χ1n) is 10.7. The van der Waals surface area contributed by atoms with Crippen LogP contribution >= 0.6 is 0 Å². The molecule has 2 atom stereocenters. The second kappa shape index (κ2) is 9.09. The lowest BCUT2D eigenvalue weighted by Gasteiger charge is -2.23. The van der Waals surface area contributed by atoms with E-state index in [4.69, 9.17) is 9.15 Å². The average molecular weight is 544 g/mol. The van der Waals surface area contributed by atoms with Crippen molar-refractivity contribution >= 4 is 42.7 Å². The number of fused-ring (bicyclic) bond motifs is 2. The van der Waals surface area contributed by atoms with Gasteiger partial charge in [0.1, 0.15) is 27.2 Å². The van der Waals surface area contributed by atoms with Crippen LogP contribution in [0.15, 0.2) is 28.7 Å². The Kier molecular flexibility index (Phi) is 6.56. The molecule has 1 aliphatic rings. The Morgan fingerprint density at radius 3 is 2.36 bits per heavy atom. The summed E-state index contributed by atoms with van der Waals surface area (Å²) >= 11 is 0. The summed E-state index contributed by atoms with van der Waals surface area (Å²) < 4.78 is 91.1.